The third-order valence-corrected chi connectivity index (χ3v) is 5.85. The van der Waals surface area contributed by atoms with Crippen LogP contribution in [0.1, 0.15) is 47.9 Å². The maximum absolute atomic E-state index is 13.7. The molecule has 1 unspecified atom stereocenters. The van der Waals surface area contributed by atoms with Crippen LogP contribution in [0.2, 0.25) is 0 Å². The zero-order chi connectivity index (χ0) is 19.1. The number of piperidine rings is 1. The van der Waals surface area contributed by atoms with Gasteiger partial charge in [-0.2, -0.15) is 5.10 Å². The number of likely N-dealkylation sites (tertiary alicyclic amines) is 1. The van der Waals surface area contributed by atoms with Crippen LogP contribution in [0.4, 0.5) is 8.78 Å². The van der Waals surface area contributed by atoms with Crippen molar-refractivity contribution in [1.82, 2.24) is 14.7 Å². The Morgan fingerprint density at radius 1 is 1.22 bits per heavy atom. The standard InChI is InChI=1S/C20H24F2N4O/c1-12(23)13-7-9-25(10-8-13)20(27)19-15-3-2-4-18(15)26(24-19)14-5-6-16(21)17(22)11-14/h5-6,11-13H,2-4,7-10,23H2,1H3. The van der Waals surface area contributed by atoms with E-state index in [1.54, 1.807) is 4.68 Å². The topological polar surface area (TPSA) is 64.2 Å². The highest BCUT2D eigenvalue weighted by Crippen LogP contribution is 2.30. The van der Waals surface area contributed by atoms with E-state index in [9.17, 15) is 13.6 Å². The lowest BCUT2D eigenvalue weighted by atomic mass is 9.91. The van der Waals surface area contributed by atoms with Crippen LogP contribution >= 0.6 is 0 Å². The lowest BCUT2D eigenvalue weighted by Crippen LogP contribution is -2.42. The minimum absolute atomic E-state index is 0.0717. The van der Waals surface area contributed by atoms with E-state index < -0.39 is 11.6 Å². The molecule has 1 atom stereocenters. The number of hydrogen-bond acceptors (Lipinski definition) is 3. The van der Waals surface area contributed by atoms with Crippen molar-refractivity contribution in [2.24, 2.45) is 11.7 Å². The first kappa shape index (κ1) is 18.1. The molecule has 0 spiro atoms. The number of nitrogens with two attached hydrogens (primary N) is 1. The molecule has 2 aromatic rings. The molecule has 0 radical (unpaired) electrons. The molecule has 2 aliphatic rings. The fourth-order valence-corrected chi connectivity index (χ4v) is 4.22. The van der Waals surface area contributed by atoms with E-state index in [2.05, 4.69) is 5.10 Å². The smallest absolute Gasteiger partial charge is 0.274 e. The van der Waals surface area contributed by atoms with Crippen LogP contribution in [0, 0.1) is 17.6 Å². The largest absolute Gasteiger partial charge is 0.337 e. The van der Waals surface area contributed by atoms with Gasteiger partial charge in [0.15, 0.2) is 17.3 Å². The molecule has 27 heavy (non-hydrogen) atoms. The van der Waals surface area contributed by atoms with Gasteiger partial charge in [0.2, 0.25) is 0 Å². The molecule has 1 saturated heterocycles. The van der Waals surface area contributed by atoms with Gasteiger partial charge in [0.1, 0.15) is 0 Å². The number of aromatic nitrogens is 2. The Kier molecular flexibility index (Phi) is 4.72. The van der Waals surface area contributed by atoms with Crippen LogP contribution in [-0.2, 0) is 12.8 Å². The van der Waals surface area contributed by atoms with Gasteiger partial charge in [-0.05, 0) is 57.1 Å². The zero-order valence-electron chi connectivity index (χ0n) is 15.4. The molecule has 1 amide bonds. The Morgan fingerprint density at radius 3 is 2.63 bits per heavy atom. The van der Waals surface area contributed by atoms with Crippen LogP contribution in [0.3, 0.4) is 0 Å². The average Bonchev–Trinajstić information content (AvgIpc) is 3.26. The van der Waals surface area contributed by atoms with Gasteiger partial charge in [0.25, 0.3) is 5.91 Å². The number of carbonyl (C=O) groups is 1. The molecule has 5 nitrogen and oxygen atoms in total. The lowest BCUT2D eigenvalue weighted by molar-refractivity contribution is 0.0673. The van der Waals surface area contributed by atoms with Gasteiger partial charge in [-0.3, -0.25) is 4.79 Å². The summed E-state index contributed by atoms with van der Waals surface area (Å²) in [5, 5.41) is 4.51. The monoisotopic (exact) mass is 374 g/mol. The summed E-state index contributed by atoms with van der Waals surface area (Å²) in [6.45, 7) is 3.37. The van der Waals surface area contributed by atoms with Gasteiger partial charge in [0.05, 0.1) is 5.69 Å². The SMILES string of the molecule is CC(N)C1CCN(C(=O)c2nn(-c3ccc(F)c(F)c3)c3c2CCC3)CC1. The molecular weight excluding hydrogens is 350 g/mol. The van der Waals surface area contributed by atoms with Crippen molar-refractivity contribution in [3.8, 4) is 5.69 Å². The van der Waals surface area contributed by atoms with Crippen LogP contribution < -0.4 is 5.73 Å². The first-order valence-corrected chi connectivity index (χ1v) is 9.56. The van der Waals surface area contributed by atoms with Crippen molar-refractivity contribution in [2.45, 2.75) is 45.1 Å². The van der Waals surface area contributed by atoms with Gasteiger partial charge in [0, 0.05) is 36.5 Å². The highest BCUT2D eigenvalue weighted by molar-refractivity contribution is 5.94. The fraction of sp³-hybridized carbons (Fsp3) is 0.500. The molecule has 2 N–H and O–H groups in total. The predicted molar refractivity (Wildman–Crippen MR) is 97.8 cm³/mol. The number of benzene rings is 1. The van der Waals surface area contributed by atoms with E-state index in [1.165, 1.54) is 6.07 Å². The number of carbonyl (C=O) groups excluding carboxylic acids is 1. The van der Waals surface area contributed by atoms with Crippen LogP contribution in [0.15, 0.2) is 18.2 Å². The number of halogens is 2. The molecule has 1 aromatic carbocycles. The van der Waals surface area contributed by atoms with E-state index >= 15 is 0 Å². The molecule has 1 aliphatic carbocycles. The highest BCUT2D eigenvalue weighted by Gasteiger charge is 2.32. The fourth-order valence-electron chi connectivity index (χ4n) is 4.22. The molecule has 1 fully saturated rings. The maximum atomic E-state index is 13.7. The minimum Gasteiger partial charge on any atom is -0.337 e. The van der Waals surface area contributed by atoms with Gasteiger partial charge < -0.3 is 10.6 Å². The molecule has 0 bridgehead atoms. The average molecular weight is 374 g/mol. The van der Waals surface area contributed by atoms with E-state index in [0.717, 1.165) is 55.5 Å². The summed E-state index contributed by atoms with van der Waals surface area (Å²) < 4.78 is 28.6. The minimum atomic E-state index is -0.916. The van der Waals surface area contributed by atoms with Crippen molar-refractivity contribution in [3.63, 3.8) is 0 Å². The molecular formula is C20H24F2N4O. The third kappa shape index (κ3) is 3.25. The van der Waals surface area contributed by atoms with Gasteiger partial charge in [-0.15, -0.1) is 0 Å². The second-order valence-corrected chi connectivity index (χ2v) is 7.63. The normalized spacial score (nSPS) is 18.6. The molecule has 7 heteroatoms. The van der Waals surface area contributed by atoms with Crippen molar-refractivity contribution >= 4 is 5.91 Å². The first-order chi connectivity index (χ1) is 13.0. The Bertz CT molecular complexity index is 869. The van der Waals surface area contributed by atoms with Crippen molar-refractivity contribution in [2.75, 3.05) is 13.1 Å². The van der Waals surface area contributed by atoms with Crippen molar-refractivity contribution in [3.05, 3.63) is 46.8 Å². The van der Waals surface area contributed by atoms with E-state index in [0.29, 0.717) is 30.4 Å². The van der Waals surface area contributed by atoms with Gasteiger partial charge in [-0.25, -0.2) is 13.5 Å². The Balaban J connectivity index is 1.63. The van der Waals surface area contributed by atoms with E-state index in [-0.39, 0.29) is 11.9 Å². The summed E-state index contributed by atoms with van der Waals surface area (Å²) in [5.74, 6) is -1.44. The molecule has 2 heterocycles. The molecule has 1 aliphatic heterocycles. The predicted octanol–water partition coefficient (Wildman–Crippen LogP) is 2.84. The Labute approximate surface area is 157 Å². The van der Waals surface area contributed by atoms with Crippen LogP contribution in [0.5, 0.6) is 0 Å². The summed E-state index contributed by atoms with van der Waals surface area (Å²) in [5.41, 5.74) is 8.75. The Morgan fingerprint density at radius 2 is 1.96 bits per heavy atom. The van der Waals surface area contributed by atoms with Crippen molar-refractivity contribution < 1.29 is 13.6 Å². The third-order valence-electron chi connectivity index (χ3n) is 5.85. The number of hydrogen-bond donors (Lipinski definition) is 1. The lowest BCUT2D eigenvalue weighted by Gasteiger charge is -2.33. The number of amides is 1. The van der Waals surface area contributed by atoms with Crippen LogP contribution in [0.25, 0.3) is 5.69 Å². The van der Waals surface area contributed by atoms with Crippen LogP contribution in [-0.4, -0.2) is 39.7 Å². The highest BCUT2D eigenvalue weighted by atomic mass is 19.2. The molecule has 0 saturated carbocycles. The Hall–Kier alpha value is -2.28. The summed E-state index contributed by atoms with van der Waals surface area (Å²) in [4.78, 5) is 14.9. The van der Waals surface area contributed by atoms with Crippen molar-refractivity contribution in [1.29, 1.82) is 0 Å². The summed E-state index contributed by atoms with van der Waals surface area (Å²) in [6.07, 6.45) is 4.30. The molecule has 4 rings (SSSR count). The number of nitrogens with zero attached hydrogens (tertiary/aromatic N) is 3. The van der Waals surface area contributed by atoms with Gasteiger partial charge in [-0.1, -0.05) is 0 Å². The quantitative estimate of drug-likeness (QED) is 0.899. The second kappa shape index (κ2) is 7.03. The maximum Gasteiger partial charge on any atom is 0.274 e. The summed E-state index contributed by atoms with van der Waals surface area (Å²) >= 11 is 0. The molecule has 1 aromatic heterocycles. The number of fused-ring (bicyclic) bond motifs is 1. The summed E-state index contributed by atoms with van der Waals surface area (Å²) in [7, 11) is 0. The number of rotatable bonds is 3. The second-order valence-electron chi connectivity index (χ2n) is 7.63. The van der Waals surface area contributed by atoms with E-state index in [4.69, 9.17) is 5.73 Å². The summed E-state index contributed by atoms with van der Waals surface area (Å²) in [6, 6.07) is 3.85. The van der Waals surface area contributed by atoms with Gasteiger partial charge >= 0.3 is 0 Å². The zero-order valence-corrected chi connectivity index (χ0v) is 15.4. The van der Waals surface area contributed by atoms with E-state index in [1.807, 2.05) is 11.8 Å². The first-order valence-electron chi connectivity index (χ1n) is 9.56. The molecule has 144 valence electrons.